The number of hydrogen-bond acceptors (Lipinski definition) is 5. The third-order valence-electron chi connectivity index (χ3n) is 4.30. The lowest BCUT2D eigenvalue weighted by atomic mass is 10.0. The van der Waals surface area contributed by atoms with Crippen molar-refractivity contribution in [2.45, 2.75) is 17.7 Å². The first-order chi connectivity index (χ1) is 13.1. The average molecular weight is 377 g/mol. The van der Waals surface area contributed by atoms with E-state index < -0.39 is 5.97 Å². The van der Waals surface area contributed by atoms with Crippen molar-refractivity contribution >= 4 is 39.9 Å². The number of carboxylic acids is 1. The highest BCUT2D eigenvalue weighted by Crippen LogP contribution is 2.37. The molecule has 1 heterocycles. The largest absolute Gasteiger partial charge is 0.481 e. The lowest BCUT2D eigenvalue weighted by Crippen LogP contribution is -2.11. The molecule has 0 aliphatic heterocycles. The topological polar surface area (TPSA) is 77.2 Å². The Hall–Kier alpha value is -3.04. The molecule has 0 radical (unpaired) electrons. The van der Waals surface area contributed by atoms with Gasteiger partial charge in [0.05, 0.1) is 23.5 Å². The molecule has 0 saturated carbocycles. The van der Waals surface area contributed by atoms with Crippen LogP contribution < -0.4 is 4.90 Å². The van der Waals surface area contributed by atoms with Crippen LogP contribution in [0.3, 0.4) is 0 Å². The monoisotopic (exact) mass is 377 g/mol. The van der Waals surface area contributed by atoms with Crippen molar-refractivity contribution in [3.05, 3.63) is 60.4 Å². The second kappa shape index (κ2) is 8.56. The number of hydrogen-bond donors (Lipinski definition) is 1. The number of carboxylic acid groups (broad SMARTS) is 1. The van der Waals surface area contributed by atoms with Crippen LogP contribution in [0.15, 0.2) is 59.8 Å². The molecule has 0 unspecified atom stereocenters. The lowest BCUT2D eigenvalue weighted by molar-refractivity contribution is -0.137. The zero-order chi connectivity index (χ0) is 19.2. The molecule has 0 saturated heterocycles. The quantitative estimate of drug-likeness (QED) is 0.469. The lowest BCUT2D eigenvalue weighted by Gasteiger charge is -2.23. The van der Waals surface area contributed by atoms with Crippen LogP contribution in [0, 0.1) is 11.3 Å². The molecule has 0 aliphatic rings. The van der Waals surface area contributed by atoms with Gasteiger partial charge in [0.2, 0.25) is 0 Å². The van der Waals surface area contributed by atoms with Gasteiger partial charge in [0.1, 0.15) is 0 Å². The first kappa shape index (κ1) is 18.7. The molecule has 0 spiro atoms. The summed E-state index contributed by atoms with van der Waals surface area (Å²) in [6.07, 6.45) is 4.34. The van der Waals surface area contributed by atoms with Crippen LogP contribution in [-0.2, 0) is 4.79 Å². The van der Waals surface area contributed by atoms with Gasteiger partial charge in [-0.15, -0.1) is 11.8 Å². The Morgan fingerprint density at radius 3 is 2.70 bits per heavy atom. The number of aliphatic carboxylic acids is 1. The molecule has 0 fully saturated rings. The predicted octanol–water partition coefficient (Wildman–Crippen LogP) is 4.83. The fourth-order valence-corrected chi connectivity index (χ4v) is 3.96. The van der Waals surface area contributed by atoms with Gasteiger partial charge in [0.15, 0.2) is 0 Å². The van der Waals surface area contributed by atoms with E-state index in [4.69, 9.17) is 5.11 Å². The van der Waals surface area contributed by atoms with Gasteiger partial charge >= 0.3 is 5.97 Å². The van der Waals surface area contributed by atoms with Crippen LogP contribution in [-0.4, -0.2) is 28.9 Å². The Kier molecular flexibility index (Phi) is 5.94. The van der Waals surface area contributed by atoms with Crippen LogP contribution >= 0.6 is 11.8 Å². The Bertz CT molecular complexity index is 1010. The molecule has 1 aromatic heterocycles. The van der Waals surface area contributed by atoms with E-state index in [9.17, 15) is 10.1 Å². The minimum atomic E-state index is -0.772. The van der Waals surface area contributed by atoms with Crippen molar-refractivity contribution in [2.75, 3.05) is 17.7 Å². The second-order valence-corrected chi connectivity index (χ2v) is 7.17. The van der Waals surface area contributed by atoms with Crippen molar-refractivity contribution in [3.8, 4) is 6.07 Å². The van der Waals surface area contributed by atoms with Crippen molar-refractivity contribution in [1.29, 1.82) is 5.26 Å². The first-order valence-electron chi connectivity index (χ1n) is 8.56. The van der Waals surface area contributed by atoms with E-state index in [-0.39, 0.29) is 6.42 Å². The Balaban J connectivity index is 1.93. The van der Waals surface area contributed by atoms with E-state index >= 15 is 0 Å². The average Bonchev–Trinajstić information content (AvgIpc) is 2.70. The summed E-state index contributed by atoms with van der Waals surface area (Å²) in [5.41, 5.74) is 2.59. The highest BCUT2D eigenvalue weighted by molar-refractivity contribution is 7.99. The second-order valence-electron chi connectivity index (χ2n) is 6.04. The predicted molar refractivity (Wildman–Crippen MR) is 109 cm³/mol. The summed E-state index contributed by atoms with van der Waals surface area (Å²) in [5, 5.41) is 20.1. The maximum absolute atomic E-state index is 10.7. The molecule has 3 rings (SSSR count). The summed E-state index contributed by atoms with van der Waals surface area (Å²) in [5.74, 6) is -0.0441. The van der Waals surface area contributed by atoms with Gasteiger partial charge in [-0.05, 0) is 30.4 Å². The minimum Gasteiger partial charge on any atom is -0.481 e. The minimum absolute atomic E-state index is 0.170. The van der Waals surface area contributed by atoms with Gasteiger partial charge in [0.25, 0.3) is 0 Å². The smallest absolute Gasteiger partial charge is 0.303 e. The molecule has 0 aliphatic carbocycles. The number of carbonyl (C=O) groups is 1. The van der Waals surface area contributed by atoms with Gasteiger partial charge in [-0.2, -0.15) is 5.26 Å². The third-order valence-corrected chi connectivity index (χ3v) is 5.45. The van der Waals surface area contributed by atoms with Crippen molar-refractivity contribution < 1.29 is 9.90 Å². The molecule has 3 aromatic rings. The number of benzene rings is 2. The van der Waals surface area contributed by atoms with E-state index in [0.717, 1.165) is 32.8 Å². The molecule has 27 heavy (non-hydrogen) atoms. The van der Waals surface area contributed by atoms with Gasteiger partial charge < -0.3 is 10.0 Å². The molecule has 2 aromatic carbocycles. The normalized spacial score (nSPS) is 10.5. The molecule has 0 bridgehead atoms. The number of nitrogens with zero attached hydrogens (tertiary/aromatic N) is 3. The molecule has 0 atom stereocenters. The van der Waals surface area contributed by atoms with E-state index in [1.807, 2.05) is 55.7 Å². The number of fused-ring (bicyclic) bond motifs is 1. The van der Waals surface area contributed by atoms with E-state index in [0.29, 0.717) is 12.0 Å². The SMILES string of the molecule is CN(c1cnccc1SCCCC(=O)O)c1ccc(C#N)c2ccccc12. The highest BCUT2D eigenvalue weighted by Gasteiger charge is 2.14. The van der Waals surface area contributed by atoms with Crippen molar-refractivity contribution in [3.63, 3.8) is 0 Å². The van der Waals surface area contributed by atoms with Crippen LogP contribution in [0.5, 0.6) is 0 Å². The summed E-state index contributed by atoms with van der Waals surface area (Å²) >= 11 is 1.63. The van der Waals surface area contributed by atoms with Crippen LogP contribution in [0.2, 0.25) is 0 Å². The van der Waals surface area contributed by atoms with Crippen LogP contribution in [0.1, 0.15) is 18.4 Å². The summed E-state index contributed by atoms with van der Waals surface area (Å²) in [4.78, 5) is 18.1. The number of anilines is 2. The molecule has 5 nitrogen and oxygen atoms in total. The molecule has 6 heteroatoms. The number of aromatic nitrogens is 1. The summed E-state index contributed by atoms with van der Waals surface area (Å²) < 4.78 is 0. The molecule has 136 valence electrons. The Morgan fingerprint density at radius 2 is 1.96 bits per heavy atom. The van der Waals surface area contributed by atoms with Crippen molar-refractivity contribution in [1.82, 2.24) is 4.98 Å². The fourth-order valence-electron chi connectivity index (χ4n) is 2.96. The van der Waals surface area contributed by atoms with Crippen LogP contribution in [0.4, 0.5) is 11.4 Å². The molecule has 0 amide bonds. The third kappa shape index (κ3) is 4.21. The van der Waals surface area contributed by atoms with Gasteiger partial charge in [-0.25, -0.2) is 0 Å². The fraction of sp³-hybridized carbons (Fsp3) is 0.190. The summed E-state index contributed by atoms with van der Waals surface area (Å²) in [6.45, 7) is 0. The molecular formula is C21H19N3O2S. The van der Waals surface area contributed by atoms with Gasteiger partial charge in [0, 0.05) is 41.0 Å². The highest BCUT2D eigenvalue weighted by atomic mass is 32.2. The Labute approximate surface area is 162 Å². The van der Waals surface area contributed by atoms with E-state index in [1.165, 1.54) is 0 Å². The molecular weight excluding hydrogens is 358 g/mol. The summed E-state index contributed by atoms with van der Waals surface area (Å²) in [6, 6.07) is 15.8. The number of nitriles is 1. The molecule has 1 N–H and O–H groups in total. The first-order valence-corrected chi connectivity index (χ1v) is 9.54. The van der Waals surface area contributed by atoms with E-state index in [1.54, 1.807) is 18.0 Å². The van der Waals surface area contributed by atoms with Gasteiger partial charge in [-0.1, -0.05) is 24.3 Å². The van der Waals surface area contributed by atoms with Crippen molar-refractivity contribution in [2.24, 2.45) is 0 Å². The standard InChI is InChI=1S/C21H19N3O2S/c1-24(18-9-8-15(13-22)16-5-2-3-6-17(16)18)19-14-23-11-10-20(19)27-12-4-7-21(25)26/h2-3,5-6,8-11,14H,4,7,12H2,1H3,(H,25,26). The summed E-state index contributed by atoms with van der Waals surface area (Å²) in [7, 11) is 1.98. The maximum atomic E-state index is 10.7. The van der Waals surface area contributed by atoms with Gasteiger partial charge in [-0.3, -0.25) is 9.78 Å². The number of thioether (sulfide) groups is 1. The zero-order valence-electron chi connectivity index (χ0n) is 14.9. The number of rotatable bonds is 7. The number of pyridine rings is 1. The van der Waals surface area contributed by atoms with E-state index in [2.05, 4.69) is 16.0 Å². The zero-order valence-corrected chi connectivity index (χ0v) is 15.7. The maximum Gasteiger partial charge on any atom is 0.303 e. The van der Waals surface area contributed by atoms with Crippen LogP contribution in [0.25, 0.3) is 10.8 Å². The Morgan fingerprint density at radius 1 is 1.19 bits per heavy atom.